The predicted molar refractivity (Wildman–Crippen MR) is 118 cm³/mol. The molecule has 160 valence electrons. The first-order valence-electron chi connectivity index (χ1n) is 10.4. The second-order valence-electron chi connectivity index (χ2n) is 7.65. The Bertz CT molecular complexity index is 1260. The van der Waals surface area contributed by atoms with Crippen LogP contribution in [0.1, 0.15) is 11.7 Å². The Morgan fingerprint density at radius 3 is 2.62 bits per heavy atom. The molecule has 7 nitrogen and oxygen atoms in total. The maximum Gasteiger partial charge on any atom is 0.194 e. The molecule has 0 amide bonds. The van der Waals surface area contributed by atoms with Gasteiger partial charge in [-0.05, 0) is 47.7 Å². The van der Waals surface area contributed by atoms with Gasteiger partial charge < -0.3 is 4.74 Å². The summed E-state index contributed by atoms with van der Waals surface area (Å²) in [5.74, 6) is 0.391. The summed E-state index contributed by atoms with van der Waals surface area (Å²) in [5, 5.41) is 6.58. The molecule has 1 atom stereocenters. The van der Waals surface area contributed by atoms with Gasteiger partial charge in [-0.3, -0.25) is 9.88 Å². The van der Waals surface area contributed by atoms with Gasteiger partial charge in [0, 0.05) is 48.4 Å². The van der Waals surface area contributed by atoms with E-state index in [1.54, 1.807) is 24.5 Å². The van der Waals surface area contributed by atoms with Gasteiger partial charge in [0.05, 0.1) is 13.2 Å². The summed E-state index contributed by atoms with van der Waals surface area (Å²) >= 11 is 1.51. The highest BCUT2D eigenvalue weighted by atomic mass is 32.2. The van der Waals surface area contributed by atoms with Crippen molar-refractivity contribution in [2.45, 2.75) is 16.3 Å². The molecule has 2 aliphatic rings. The number of morpholine rings is 1. The molecule has 0 bridgehead atoms. The first-order chi connectivity index (χ1) is 15.8. The van der Waals surface area contributed by atoms with Gasteiger partial charge in [0.1, 0.15) is 17.0 Å². The van der Waals surface area contributed by atoms with Gasteiger partial charge in [0.25, 0.3) is 0 Å². The Hall–Kier alpha value is -3.14. The molecule has 1 fully saturated rings. The molecule has 0 saturated carbocycles. The maximum absolute atomic E-state index is 13.4. The second kappa shape index (κ2) is 8.09. The molecular formula is C23H19FN6OS. The third kappa shape index (κ3) is 3.48. The summed E-state index contributed by atoms with van der Waals surface area (Å²) in [5.41, 5.74) is 3.81. The van der Waals surface area contributed by atoms with Crippen molar-refractivity contribution < 1.29 is 9.13 Å². The van der Waals surface area contributed by atoms with E-state index in [1.165, 1.54) is 23.9 Å². The van der Waals surface area contributed by atoms with Crippen LogP contribution in [0.5, 0.6) is 0 Å². The van der Waals surface area contributed by atoms with Gasteiger partial charge in [-0.15, -0.1) is 5.10 Å². The highest BCUT2D eigenvalue weighted by molar-refractivity contribution is 7.99. The standard InChI is InChI=1S/C23H19FN6OS/c24-18-5-3-15(4-6-18)17-12-19-21(26-14-17)32-23-27-20(16-2-1-7-25-13-16)28-30(23)22(19)29-8-10-31-11-9-29/h1-7,12-14,22H,8-11H2/t22-/m0/s1. The van der Waals surface area contributed by atoms with Gasteiger partial charge in [-0.2, -0.15) is 0 Å². The van der Waals surface area contributed by atoms with E-state index in [9.17, 15) is 4.39 Å². The highest BCUT2D eigenvalue weighted by Crippen LogP contribution is 2.43. The Labute approximate surface area is 188 Å². The van der Waals surface area contributed by atoms with Crippen LogP contribution in [-0.4, -0.2) is 55.9 Å². The van der Waals surface area contributed by atoms with E-state index in [-0.39, 0.29) is 12.0 Å². The normalized spacial score (nSPS) is 18.2. The SMILES string of the molecule is Fc1ccc(-c2cnc3c(c2)[C@@H](N2CCOCC2)n2nc(-c4cccnc4)nc2S3)cc1. The van der Waals surface area contributed by atoms with Gasteiger partial charge in [0.15, 0.2) is 11.0 Å². The molecule has 4 aromatic rings. The van der Waals surface area contributed by atoms with E-state index in [4.69, 9.17) is 19.8 Å². The molecule has 1 saturated heterocycles. The van der Waals surface area contributed by atoms with E-state index in [0.717, 1.165) is 45.5 Å². The minimum atomic E-state index is -0.253. The van der Waals surface area contributed by atoms with Crippen LogP contribution in [0.2, 0.25) is 0 Å². The van der Waals surface area contributed by atoms with Crippen LogP contribution < -0.4 is 0 Å². The molecule has 0 aliphatic carbocycles. The van der Waals surface area contributed by atoms with Gasteiger partial charge in [-0.1, -0.05) is 12.1 Å². The van der Waals surface area contributed by atoms with E-state index < -0.39 is 0 Å². The molecule has 0 spiro atoms. The van der Waals surface area contributed by atoms with Gasteiger partial charge in [0.2, 0.25) is 0 Å². The number of halogens is 1. The lowest BCUT2D eigenvalue weighted by Crippen LogP contribution is -2.43. The Morgan fingerprint density at radius 2 is 1.84 bits per heavy atom. The lowest BCUT2D eigenvalue weighted by Gasteiger charge is -2.37. The molecule has 5 heterocycles. The number of pyridine rings is 2. The summed E-state index contributed by atoms with van der Waals surface area (Å²) in [7, 11) is 0. The van der Waals surface area contributed by atoms with Crippen LogP contribution in [0, 0.1) is 5.82 Å². The van der Waals surface area contributed by atoms with Crippen molar-refractivity contribution in [3.05, 3.63) is 72.4 Å². The van der Waals surface area contributed by atoms with E-state index in [2.05, 4.69) is 16.0 Å². The first-order valence-corrected chi connectivity index (χ1v) is 11.2. The number of ether oxygens (including phenoxy) is 1. The molecular weight excluding hydrogens is 427 g/mol. The molecule has 1 aromatic carbocycles. The largest absolute Gasteiger partial charge is 0.379 e. The lowest BCUT2D eigenvalue weighted by molar-refractivity contribution is 0.00286. The number of benzene rings is 1. The van der Waals surface area contributed by atoms with Crippen molar-refractivity contribution >= 4 is 11.8 Å². The van der Waals surface area contributed by atoms with Crippen molar-refractivity contribution in [1.29, 1.82) is 0 Å². The smallest absolute Gasteiger partial charge is 0.194 e. The fourth-order valence-corrected chi connectivity index (χ4v) is 5.01. The van der Waals surface area contributed by atoms with Gasteiger partial charge in [-0.25, -0.2) is 19.0 Å². The zero-order valence-corrected chi connectivity index (χ0v) is 17.9. The van der Waals surface area contributed by atoms with Crippen molar-refractivity contribution in [2.75, 3.05) is 26.3 Å². The topological polar surface area (TPSA) is 69.0 Å². The molecule has 32 heavy (non-hydrogen) atoms. The highest BCUT2D eigenvalue weighted by Gasteiger charge is 2.35. The van der Waals surface area contributed by atoms with E-state index >= 15 is 0 Å². The Morgan fingerprint density at radius 1 is 1.00 bits per heavy atom. The lowest BCUT2D eigenvalue weighted by atomic mass is 10.0. The molecule has 0 N–H and O–H groups in total. The first kappa shape index (κ1) is 19.5. The third-order valence-corrected chi connectivity index (χ3v) is 6.66. The van der Waals surface area contributed by atoms with Crippen LogP contribution in [0.4, 0.5) is 4.39 Å². The number of fused-ring (bicyclic) bond motifs is 2. The fraction of sp³-hybridized carbons (Fsp3) is 0.217. The minimum Gasteiger partial charge on any atom is -0.379 e. The van der Waals surface area contributed by atoms with Crippen LogP contribution in [0.3, 0.4) is 0 Å². The number of nitrogens with zero attached hydrogens (tertiary/aromatic N) is 6. The van der Waals surface area contributed by atoms with Crippen LogP contribution in [0.15, 0.2) is 71.2 Å². The quantitative estimate of drug-likeness (QED) is 0.473. The second-order valence-corrected chi connectivity index (χ2v) is 8.61. The summed E-state index contributed by atoms with van der Waals surface area (Å²) in [6.07, 6.45) is 5.20. The Kier molecular flexibility index (Phi) is 4.94. The predicted octanol–water partition coefficient (Wildman–Crippen LogP) is 3.88. The zero-order chi connectivity index (χ0) is 21.5. The van der Waals surface area contributed by atoms with Crippen LogP contribution in [0.25, 0.3) is 22.5 Å². The van der Waals surface area contributed by atoms with Crippen molar-refractivity contribution in [2.24, 2.45) is 0 Å². The van der Waals surface area contributed by atoms with E-state index in [1.807, 2.05) is 23.0 Å². The molecule has 0 unspecified atom stereocenters. The Balaban J connectivity index is 1.47. The fourth-order valence-electron chi connectivity index (χ4n) is 4.09. The number of aromatic nitrogens is 5. The number of hydrogen-bond acceptors (Lipinski definition) is 7. The molecule has 0 radical (unpaired) electrons. The van der Waals surface area contributed by atoms with Crippen LogP contribution >= 0.6 is 11.8 Å². The number of rotatable bonds is 3. The summed E-state index contributed by atoms with van der Waals surface area (Å²) < 4.78 is 21.0. The van der Waals surface area contributed by atoms with E-state index in [0.29, 0.717) is 19.0 Å². The average molecular weight is 447 g/mol. The van der Waals surface area contributed by atoms with Crippen molar-refractivity contribution in [3.63, 3.8) is 0 Å². The third-order valence-electron chi connectivity index (χ3n) is 5.67. The number of hydrogen-bond donors (Lipinski definition) is 0. The summed E-state index contributed by atoms with van der Waals surface area (Å²) in [4.78, 5) is 16.1. The molecule has 9 heteroatoms. The average Bonchev–Trinajstić information content (AvgIpc) is 3.27. The van der Waals surface area contributed by atoms with Crippen molar-refractivity contribution in [3.8, 4) is 22.5 Å². The summed E-state index contributed by atoms with van der Waals surface area (Å²) in [6.45, 7) is 2.92. The zero-order valence-electron chi connectivity index (χ0n) is 17.1. The minimum absolute atomic E-state index is 0.143. The van der Waals surface area contributed by atoms with Gasteiger partial charge >= 0.3 is 0 Å². The molecule has 6 rings (SSSR count). The van der Waals surface area contributed by atoms with Crippen LogP contribution in [-0.2, 0) is 4.74 Å². The summed E-state index contributed by atoms with van der Waals surface area (Å²) in [6, 6.07) is 12.5. The van der Waals surface area contributed by atoms with Crippen molar-refractivity contribution in [1.82, 2.24) is 29.6 Å². The monoisotopic (exact) mass is 446 g/mol. The maximum atomic E-state index is 13.4. The molecule has 3 aromatic heterocycles. The molecule has 2 aliphatic heterocycles.